The van der Waals surface area contributed by atoms with E-state index in [0.717, 1.165) is 10.4 Å². The summed E-state index contributed by atoms with van der Waals surface area (Å²) in [7, 11) is 1.86. The molecule has 2 N–H and O–H groups in total. The Hall–Kier alpha value is -1.03. The summed E-state index contributed by atoms with van der Waals surface area (Å²) in [4.78, 5) is 4.36. The van der Waals surface area contributed by atoms with E-state index in [0.29, 0.717) is 18.0 Å². The van der Waals surface area contributed by atoms with Gasteiger partial charge in [-0.1, -0.05) is 40.9 Å². The van der Waals surface area contributed by atoms with Gasteiger partial charge in [0.25, 0.3) is 0 Å². The van der Waals surface area contributed by atoms with Crippen LogP contribution in [0, 0.1) is 0 Å². The SMILES string of the molecule is CN=C(NC1CCCC1)NC1CC1c1ccc(Br)cc1. The van der Waals surface area contributed by atoms with Crippen LogP contribution in [0.3, 0.4) is 0 Å². The number of guanidine groups is 1. The Morgan fingerprint density at radius 3 is 2.50 bits per heavy atom. The molecule has 3 nitrogen and oxygen atoms in total. The average molecular weight is 336 g/mol. The highest BCUT2D eigenvalue weighted by atomic mass is 79.9. The summed E-state index contributed by atoms with van der Waals surface area (Å²) in [5.41, 5.74) is 1.42. The van der Waals surface area contributed by atoms with E-state index in [2.05, 4.69) is 55.8 Å². The molecule has 0 heterocycles. The van der Waals surface area contributed by atoms with Gasteiger partial charge < -0.3 is 10.6 Å². The first-order valence-electron chi connectivity index (χ1n) is 7.51. The topological polar surface area (TPSA) is 36.4 Å². The Bertz CT molecular complexity index is 477. The second kappa shape index (κ2) is 6.17. The molecular weight excluding hydrogens is 314 g/mol. The van der Waals surface area contributed by atoms with Crippen molar-refractivity contribution in [1.29, 1.82) is 0 Å². The second-order valence-electron chi connectivity index (χ2n) is 5.84. The number of halogens is 1. The van der Waals surface area contributed by atoms with Gasteiger partial charge in [0.1, 0.15) is 0 Å². The van der Waals surface area contributed by atoms with Crippen molar-refractivity contribution in [2.45, 2.75) is 50.1 Å². The molecule has 20 heavy (non-hydrogen) atoms. The fraction of sp³-hybridized carbons (Fsp3) is 0.562. The van der Waals surface area contributed by atoms with Crippen molar-refractivity contribution in [2.24, 2.45) is 4.99 Å². The predicted molar refractivity (Wildman–Crippen MR) is 87.2 cm³/mol. The molecule has 0 saturated heterocycles. The van der Waals surface area contributed by atoms with Gasteiger partial charge in [-0.05, 0) is 37.0 Å². The maximum Gasteiger partial charge on any atom is 0.191 e. The van der Waals surface area contributed by atoms with Crippen molar-refractivity contribution in [3.05, 3.63) is 34.3 Å². The first kappa shape index (κ1) is 13.9. The van der Waals surface area contributed by atoms with Gasteiger partial charge in [0, 0.05) is 29.5 Å². The molecule has 2 fully saturated rings. The van der Waals surface area contributed by atoms with Gasteiger partial charge in [0.2, 0.25) is 0 Å². The molecule has 108 valence electrons. The van der Waals surface area contributed by atoms with Gasteiger partial charge in [0.05, 0.1) is 0 Å². The summed E-state index contributed by atoms with van der Waals surface area (Å²) in [5.74, 6) is 1.60. The highest BCUT2D eigenvalue weighted by molar-refractivity contribution is 9.10. The van der Waals surface area contributed by atoms with Gasteiger partial charge in [-0.3, -0.25) is 4.99 Å². The lowest BCUT2D eigenvalue weighted by atomic mass is 10.1. The molecule has 0 spiro atoms. The lowest BCUT2D eigenvalue weighted by Gasteiger charge is -2.16. The Kier molecular flexibility index (Phi) is 4.29. The number of benzene rings is 1. The zero-order valence-corrected chi connectivity index (χ0v) is 13.5. The van der Waals surface area contributed by atoms with Crippen molar-refractivity contribution in [1.82, 2.24) is 10.6 Å². The molecule has 3 rings (SSSR count). The van der Waals surface area contributed by atoms with E-state index in [9.17, 15) is 0 Å². The van der Waals surface area contributed by atoms with Crippen molar-refractivity contribution < 1.29 is 0 Å². The molecule has 2 atom stereocenters. The summed E-state index contributed by atoms with van der Waals surface area (Å²) in [6.45, 7) is 0. The Morgan fingerprint density at radius 2 is 1.85 bits per heavy atom. The lowest BCUT2D eigenvalue weighted by molar-refractivity contribution is 0.612. The molecule has 0 bridgehead atoms. The van der Waals surface area contributed by atoms with E-state index in [1.807, 2.05) is 7.05 Å². The third-order valence-corrected chi connectivity index (χ3v) is 4.86. The number of rotatable bonds is 3. The largest absolute Gasteiger partial charge is 0.354 e. The molecule has 1 aromatic rings. The van der Waals surface area contributed by atoms with E-state index >= 15 is 0 Å². The van der Waals surface area contributed by atoms with Crippen LogP contribution in [0.25, 0.3) is 0 Å². The van der Waals surface area contributed by atoms with Crippen LogP contribution in [0.5, 0.6) is 0 Å². The zero-order chi connectivity index (χ0) is 13.9. The van der Waals surface area contributed by atoms with E-state index in [-0.39, 0.29) is 0 Å². The summed E-state index contributed by atoms with van der Waals surface area (Å²) in [5, 5.41) is 7.11. The minimum absolute atomic E-state index is 0.531. The highest BCUT2D eigenvalue weighted by Crippen LogP contribution is 2.41. The minimum atomic E-state index is 0.531. The maximum absolute atomic E-state index is 4.36. The van der Waals surface area contributed by atoms with Crippen LogP contribution < -0.4 is 10.6 Å². The molecule has 2 unspecified atom stereocenters. The summed E-state index contributed by atoms with van der Waals surface area (Å²) >= 11 is 3.49. The van der Waals surface area contributed by atoms with Crippen LogP contribution in [0.4, 0.5) is 0 Å². The number of nitrogens with zero attached hydrogens (tertiary/aromatic N) is 1. The summed E-state index contributed by atoms with van der Waals surface area (Å²) in [6, 6.07) is 9.81. The molecular formula is C16H22BrN3. The molecule has 2 aliphatic rings. The first-order chi connectivity index (χ1) is 9.76. The number of aliphatic imine (C=N–C) groups is 1. The van der Waals surface area contributed by atoms with Crippen molar-refractivity contribution in [3.8, 4) is 0 Å². The van der Waals surface area contributed by atoms with Gasteiger partial charge in [0.15, 0.2) is 5.96 Å². The number of hydrogen-bond donors (Lipinski definition) is 2. The van der Waals surface area contributed by atoms with Crippen LogP contribution in [0.1, 0.15) is 43.6 Å². The van der Waals surface area contributed by atoms with Crippen molar-refractivity contribution in [2.75, 3.05) is 7.05 Å². The molecule has 4 heteroatoms. The van der Waals surface area contributed by atoms with Crippen LogP contribution in [-0.4, -0.2) is 25.1 Å². The fourth-order valence-corrected chi connectivity index (χ4v) is 3.31. The zero-order valence-electron chi connectivity index (χ0n) is 11.9. The van der Waals surface area contributed by atoms with E-state index in [1.165, 1.54) is 37.7 Å². The van der Waals surface area contributed by atoms with Crippen molar-refractivity contribution in [3.63, 3.8) is 0 Å². The first-order valence-corrected chi connectivity index (χ1v) is 8.31. The lowest BCUT2D eigenvalue weighted by Crippen LogP contribution is -2.43. The van der Waals surface area contributed by atoms with E-state index in [4.69, 9.17) is 0 Å². The predicted octanol–water partition coefficient (Wildman–Crippen LogP) is 3.41. The summed E-state index contributed by atoms with van der Waals surface area (Å²) < 4.78 is 1.14. The Morgan fingerprint density at radius 1 is 1.15 bits per heavy atom. The standard InChI is InChI=1S/C16H22BrN3/c1-18-16(19-13-4-2-3-5-13)20-15-10-14(15)11-6-8-12(17)9-7-11/h6-9,13-15H,2-5,10H2,1H3,(H2,18,19,20). The summed E-state index contributed by atoms with van der Waals surface area (Å²) in [6.07, 6.45) is 6.45. The number of hydrogen-bond acceptors (Lipinski definition) is 1. The molecule has 0 aliphatic heterocycles. The van der Waals surface area contributed by atoms with Crippen LogP contribution >= 0.6 is 15.9 Å². The monoisotopic (exact) mass is 335 g/mol. The molecule has 2 aliphatic carbocycles. The van der Waals surface area contributed by atoms with Crippen LogP contribution in [-0.2, 0) is 0 Å². The number of nitrogens with one attached hydrogen (secondary N) is 2. The van der Waals surface area contributed by atoms with Crippen LogP contribution in [0.15, 0.2) is 33.7 Å². The Labute approximate surface area is 129 Å². The van der Waals surface area contributed by atoms with Crippen molar-refractivity contribution >= 4 is 21.9 Å². The second-order valence-corrected chi connectivity index (χ2v) is 6.76. The van der Waals surface area contributed by atoms with E-state index < -0.39 is 0 Å². The Balaban J connectivity index is 1.52. The highest BCUT2D eigenvalue weighted by Gasteiger charge is 2.39. The minimum Gasteiger partial charge on any atom is -0.354 e. The molecule has 2 saturated carbocycles. The third kappa shape index (κ3) is 3.35. The fourth-order valence-electron chi connectivity index (χ4n) is 3.04. The van der Waals surface area contributed by atoms with Gasteiger partial charge in [-0.2, -0.15) is 0 Å². The maximum atomic E-state index is 4.36. The van der Waals surface area contributed by atoms with Gasteiger partial charge in [-0.25, -0.2) is 0 Å². The molecule has 0 amide bonds. The molecule has 1 aromatic carbocycles. The third-order valence-electron chi connectivity index (χ3n) is 4.33. The van der Waals surface area contributed by atoms with Gasteiger partial charge in [-0.15, -0.1) is 0 Å². The van der Waals surface area contributed by atoms with E-state index in [1.54, 1.807) is 0 Å². The van der Waals surface area contributed by atoms with Gasteiger partial charge >= 0.3 is 0 Å². The smallest absolute Gasteiger partial charge is 0.191 e. The van der Waals surface area contributed by atoms with Crippen LogP contribution in [0.2, 0.25) is 0 Å². The molecule has 0 aromatic heterocycles. The quantitative estimate of drug-likeness (QED) is 0.656. The normalized spacial score (nSPS) is 26.6. The average Bonchev–Trinajstić information content (AvgIpc) is 3.02. The molecule has 0 radical (unpaired) electrons.